The Hall–Kier alpha value is -0.680. The van der Waals surface area contributed by atoms with Crippen molar-refractivity contribution in [2.45, 2.75) is 35.8 Å². The molecule has 0 aliphatic heterocycles. The molecule has 0 fully saturated rings. The van der Waals surface area contributed by atoms with Crippen molar-refractivity contribution in [1.29, 1.82) is 0 Å². The molecule has 1 aromatic carbocycles. The molecule has 1 unspecified atom stereocenters. The van der Waals surface area contributed by atoms with Gasteiger partial charge >= 0.3 is 11.7 Å². The molecule has 0 heterocycles. The lowest BCUT2D eigenvalue weighted by atomic mass is 10.2. The van der Waals surface area contributed by atoms with Gasteiger partial charge in [-0.1, -0.05) is 23.4 Å². The molecular formula is C14H14ClF7O2S2. The van der Waals surface area contributed by atoms with Gasteiger partial charge in [0.25, 0.3) is 0 Å². The SMILES string of the molecule is O=S(CC(F)(F)F)c1cc(OCCCCCSC(F)(F)F)c(F)cc1Cl. The number of benzene rings is 1. The van der Waals surface area contributed by atoms with Crippen molar-refractivity contribution >= 4 is 34.2 Å². The molecule has 150 valence electrons. The largest absolute Gasteiger partial charge is 0.490 e. The van der Waals surface area contributed by atoms with E-state index < -0.39 is 49.7 Å². The number of halogens is 8. The summed E-state index contributed by atoms with van der Waals surface area (Å²) in [7, 11) is -2.52. The lowest BCUT2D eigenvalue weighted by Crippen LogP contribution is -2.18. The highest BCUT2D eigenvalue weighted by Crippen LogP contribution is 2.32. The smallest absolute Gasteiger partial charge is 0.441 e. The monoisotopic (exact) mass is 446 g/mol. The predicted octanol–water partition coefficient (Wildman–Crippen LogP) is 5.95. The van der Waals surface area contributed by atoms with Crippen molar-refractivity contribution in [2.75, 3.05) is 18.1 Å². The Kier molecular flexibility index (Phi) is 9.01. The fourth-order valence-electron chi connectivity index (χ4n) is 1.77. The molecule has 0 spiro atoms. The topological polar surface area (TPSA) is 26.3 Å². The second-order valence-corrected chi connectivity index (χ2v) is 8.01. The van der Waals surface area contributed by atoms with E-state index in [1.165, 1.54) is 0 Å². The van der Waals surface area contributed by atoms with Crippen LogP contribution in [0.4, 0.5) is 30.7 Å². The number of unbranched alkanes of at least 4 members (excludes halogenated alkanes) is 2. The first-order valence-corrected chi connectivity index (χ1v) is 9.85. The average Bonchev–Trinajstić information content (AvgIpc) is 2.45. The summed E-state index contributed by atoms with van der Waals surface area (Å²) in [5, 5.41) is -0.415. The van der Waals surface area contributed by atoms with Crippen LogP contribution in [-0.2, 0) is 10.8 Å². The summed E-state index contributed by atoms with van der Waals surface area (Å²) in [6.07, 6.45) is -3.69. The third kappa shape index (κ3) is 9.31. The first kappa shape index (κ1) is 23.4. The lowest BCUT2D eigenvalue weighted by Gasteiger charge is -2.12. The second kappa shape index (κ2) is 10.0. The highest BCUT2D eigenvalue weighted by atomic mass is 35.5. The Balaban J connectivity index is 2.54. The van der Waals surface area contributed by atoms with Crippen molar-refractivity contribution in [3.8, 4) is 5.75 Å². The molecule has 26 heavy (non-hydrogen) atoms. The maximum atomic E-state index is 13.7. The summed E-state index contributed by atoms with van der Waals surface area (Å²) in [5.41, 5.74) is -4.29. The average molecular weight is 447 g/mol. The molecule has 1 rings (SSSR count). The molecule has 0 saturated carbocycles. The van der Waals surface area contributed by atoms with Gasteiger partial charge in [-0.05, 0) is 25.3 Å². The summed E-state index contributed by atoms with van der Waals surface area (Å²) in [4.78, 5) is -0.401. The van der Waals surface area contributed by atoms with E-state index in [1.807, 2.05) is 0 Å². The van der Waals surface area contributed by atoms with Crippen molar-refractivity contribution < 1.29 is 39.7 Å². The van der Waals surface area contributed by atoms with Gasteiger partial charge in [0.2, 0.25) is 0 Å². The zero-order valence-electron chi connectivity index (χ0n) is 13.1. The molecule has 0 bridgehead atoms. The van der Waals surface area contributed by atoms with E-state index in [-0.39, 0.29) is 30.5 Å². The quantitative estimate of drug-likeness (QED) is 0.346. The van der Waals surface area contributed by atoms with Gasteiger partial charge in [0.1, 0.15) is 5.75 Å². The zero-order chi connectivity index (χ0) is 20.0. The van der Waals surface area contributed by atoms with E-state index in [0.29, 0.717) is 18.9 Å². The van der Waals surface area contributed by atoms with Crippen molar-refractivity contribution in [2.24, 2.45) is 0 Å². The Morgan fingerprint density at radius 3 is 2.31 bits per heavy atom. The van der Waals surface area contributed by atoms with Crippen LogP contribution in [0.5, 0.6) is 5.75 Å². The van der Waals surface area contributed by atoms with Gasteiger partial charge in [-0.15, -0.1) is 0 Å². The first-order chi connectivity index (χ1) is 11.9. The summed E-state index contributed by atoms with van der Waals surface area (Å²) in [6, 6.07) is 1.56. The summed E-state index contributed by atoms with van der Waals surface area (Å²) < 4.78 is 103. The molecular weight excluding hydrogens is 433 g/mol. The molecule has 0 saturated heterocycles. The Labute approximate surface area is 156 Å². The number of alkyl halides is 6. The van der Waals surface area contributed by atoms with Crippen LogP contribution in [0.3, 0.4) is 0 Å². The predicted molar refractivity (Wildman–Crippen MR) is 86.6 cm³/mol. The number of rotatable bonds is 9. The minimum atomic E-state index is -4.68. The molecule has 0 N–H and O–H groups in total. The molecule has 1 aromatic rings. The normalized spacial score (nSPS) is 13.7. The van der Waals surface area contributed by atoms with Crippen molar-refractivity contribution in [3.63, 3.8) is 0 Å². The van der Waals surface area contributed by atoms with E-state index >= 15 is 0 Å². The molecule has 0 amide bonds. The van der Waals surface area contributed by atoms with Crippen LogP contribution in [0.1, 0.15) is 19.3 Å². The van der Waals surface area contributed by atoms with Crippen LogP contribution >= 0.6 is 23.4 Å². The molecule has 2 nitrogen and oxygen atoms in total. The van der Waals surface area contributed by atoms with Gasteiger partial charge in [-0.3, -0.25) is 4.21 Å². The zero-order valence-corrected chi connectivity index (χ0v) is 15.4. The van der Waals surface area contributed by atoms with E-state index in [2.05, 4.69) is 0 Å². The highest BCUT2D eigenvalue weighted by Gasteiger charge is 2.32. The Morgan fingerprint density at radius 2 is 1.73 bits per heavy atom. The van der Waals surface area contributed by atoms with Crippen LogP contribution in [0.15, 0.2) is 17.0 Å². The Bertz CT molecular complexity index is 621. The first-order valence-electron chi connectivity index (χ1n) is 7.17. The van der Waals surface area contributed by atoms with Gasteiger partial charge in [-0.2, -0.15) is 26.3 Å². The third-order valence-corrected chi connectivity index (χ3v) is 5.50. The fourth-order valence-corrected chi connectivity index (χ4v) is 3.73. The number of thioether (sulfide) groups is 1. The van der Waals surface area contributed by atoms with Crippen LogP contribution in [-0.4, -0.2) is 34.0 Å². The van der Waals surface area contributed by atoms with Gasteiger partial charge in [0.15, 0.2) is 11.6 Å². The van der Waals surface area contributed by atoms with E-state index in [0.717, 1.165) is 6.07 Å². The second-order valence-electron chi connectivity index (χ2n) is 5.02. The van der Waals surface area contributed by atoms with Crippen molar-refractivity contribution in [1.82, 2.24) is 0 Å². The van der Waals surface area contributed by atoms with Gasteiger partial charge in [-0.25, -0.2) is 4.39 Å². The van der Waals surface area contributed by atoms with Gasteiger partial charge < -0.3 is 4.74 Å². The lowest BCUT2D eigenvalue weighted by molar-refractivity contribution is -0.105. The molecule has 12 heteroatoms. The van der Waals surface area contributed by atoms with Crippen LogP contribution in [0.25, 0.3) is 0 Å². The molecule has 0 radical (unpaired) electrons. The molecule has 1 atom stereocenters. The maximum absolute atomic E-state index is 13.7. The number of hydrogen-bond donors (Lipinski definition) is 0. The number of hydrogen-bond acceptors (Lipinski definition) is 3. The summed E-state index contributed by atoms with van der Waals surface area (Å²) >= 11 is 5.49. The molecule has 0 aromatic heterocycles. The van der Waals surface area contributed by atoms with E-state index in [1.54, 1.807) is 0 Å². The highest BCUT2D eigenvalue weighted by molar-refractivity contribution is 8.00. The molecule has 0 aliphatic carbocycles. The van der Waals surface area contributed by atoms with E-state index in [9.17, 15) is 34.9 Å². The fraction of sp³-hybridized carbons (Fsp3) is 0.571. The van der Waals surface area contributed by atoms with Crippen LogP contribution < -0.4 is 4.74 Å². The van der Waals surface area contributed by atoms with Gasteiger partial charge in [0.05, 0.1) is 27.3 Å². The maximum Gasteiger partial charge on any atom is 0.441 e. The Morgan fingerprint density at radius 1 is 1.08 bits per heavy atom. The minimum absolute atomic E-state index is 0.0550. The third-order valence-electron chi connectivity index (χ3n) is 2.84. The van der Waals surface area contributed by atoms with Crippen molar-refractivity contribution in [3.05, 3.63) is 23.0 Å². The summed E-state index contributed by atoms with van der Waals surface area (Å²) in [6.45, 7) is -0.0550. The summed E-state index contributed by atoms with van der Waals surface area (Å²) in [5.74, 6) is -3.09. The molecule has 0 aliphatic rings. The van der Waals surface area contributed by atoms with E-state index in [4.69, 9.17) is 16.3 Å². The van der Waals surface area contributed by atoms with Gasteiger partial charge in [0, 0.05) is 11.8 Å². The number of ether oxygens (including phenoxy) is 1. The van der Waals surface area contributed by atoms with Crippen LogP contribution in [0.2, 0.25) is 5.02 Å². The van der Waals surface area contributed by atoms with Crippen LogP contribution in [0, 0.1) is 5.82 Å². The minimum Gasteiger partial charge on any atom is -0.490 e. The standard InChI is InChI=1S/C14H14ClF7O2S2/c15-9-6-10(16)11(7-12(9)26(23)8-13(17,18)19)24-4-2-1-3-5-25-14(20,21)22/h6-7H,1-5,8H2.